The molecule has 0 spiro atoms. The number of hydrogen-bond donors (Lipinski definition) is 0. The molecule has 0 atom stereocenters. The van der Waals surface area contributed by atoms with E-state index in [9.17, 15) is 12.8 Å². The zero-order valence-electron chi connectivity index (χ0n) is 17.3. The summed E-state index contributed by atoms with van der Waals surface area (Å²) in [4.78, 5) is 4.49. The van der Waals surface area contributed by atoms with Crippen LogP contribution in [0.3, 0.4) is 0 Å². The van der Waals surface area contributed by atoms with Crippen molar-refractivity contribution in [1.82, 2.24) is 0 Å². The van der Waals surface area contributed by atoms with E-state index in [4.69, 9.17) is 11.6 Å². The van der Waals surface area contributed by atoms with Gasteiger partial charge in [0.25, 0.3) is 0 Å². The second kappa shape index (κ2) is 8.89. The van der Waals surface area contributed by atoms with Crippen LogP contribution in [0, 0.1) is 12.7 Å². The molecule has 0 unspecified atom stereocenters. The SMILES string of the molecule is Cc1ccc(S(=O)(=O)Cc2ccccc2N2CCN(c3ccc(Cl)cc3F)CC2)cc1. The Kier molecular flexibility index (Phi) is 6.21. The second-order valence-electron chi connectivity index (χ2n) is 7.77. The summed E-state index contributed by atoms with van der Waals surface area (Å²) in [6.07, 6.45) is 0. The molecule has 1 aliphatic rings. The predicted molar refractivity (Wildman–Crippen MR) is 124 cm³/mol. The first-order valence-corrected chi connectivity index (χ1v) is 12.2. The van der Waals surface area contributed by atoms with Gasteiger partial charge in [0, 0.05) is 36.9 Å². The van der Waals surface area contributed by atoms with Crippen molar-refractivity contribution in [3.63, 3.8) is 0 Å². The Bertz CT molecular complexity index is 1170. The highest BCUT2D eigenvalue weighted by atomic mass is 35.5. The molecule has 0 aliphatic carbocycles. The number of sulfone groups is 1. The van der Waals surface area contributed by atoms with Crippen LogP contribution in [0.5, 0.6) is 0 Å². The molecule has 7 heteroatoms. The van der Waals surface area contributed by atoms with Gasteiger partial charge in [-0.2, -0.15) is 0 Å². The van der Waals surface area contributed by atoms with Crippen molar-refractivity contribution in [3.05, 3.63) is 88.7 Å². The molecule has 0 radical (unpaired) electrons. The van der Waals surface area contributed by atoms with E-state index in [-0.39, 0.29) is 11.6 Å². The smallest absolute Gasteiger partial charge is 0.182 e. The third-order valence-electron chi connectivity index (χ3n) is 5.59. The Morgan fingerprint density at radius 1 is 0.871 bits per heavy atom. The summed E-state index contributed by atoms with van der Waals surface area (Å²) in [5.41, 5.74) is 3.25. The molecule has 0 N–H and O–H groups in total. The van der Waals surface area contributed by atoms with Gasteiger partial charge in [-0.05, 0) is 48.9 Å². The number of nitrogens with zero attached hydrogens (tertiary/aromatic N) is 2. The Labute approximate surface area is 187 Å². The molecule has 31 heavy (non-hydrogen) atoms. The molecule has 1 aliphatic heterocycles. The fourth-order valence-electron chi connectivity index (χ4n) is 3.90. The maximum atomic E-state index is 14.3. The Hall–Kier alpha value is -2.57. The molecular weight excluding hydrogens is 435 g/mol. The van der Waals surface area contributed by atoms with E-state index in [0.29, 0.717) is 41.8 Å². The predicted octanol–water partition coefficient (Wildman–Crippen LogP) is 5.09. The third kappa shape index (κ3) is 4.86. The lowest BCUT2D eigenvalue weighted by molar-refractivity contribution is 0.592. The van der Waals surface area contributed by atoms with Crippen LogP contribution in [0.25, 0.3) is 0 Å². The van der Waals surface area contributed by atoms with Crippen LogP contribution in [0.4, 0.5) is 15.8 Å². The highest BCUT2D eigenvalue weighted by Crippen LogP contribution is 2.29. The quantitative estimate of drug-likeness (QED) is 0.534. The van der Waals surface area contributed by atoms with Crippen LogP contribution in [0.2, 0.25) is 5.02 Å². The number of hydrogen-bond acceptors (Lipinski definition) is 4. The van der Waals surface area contributed by atoms with Gasteiger partial charge in [-0.1, -0.05) is 47.5 Å². The van der Waals surface area contributed by atoms with E-state index in [1.54, 1.807) is 24.3 Å². The summed E-state index contributed by atoms with van der Waals surface area (Å²) in [5.74, 6) is -0.385. The number of para-hydroxylation sites is 1. The van der Waals surface area contributed by atoms with Crippen LogP contribution in [-0.4, -0.2) is 34.6 Å². The second-order valence-corrected chi connectivity index (χ2v) is 10.2. The zero-order valence-corrected chi connectivity index (χ0v) is 18.8. The van der Waals surface area contributed by atoms with Gasteiger partial charge in [0.2, 0.25) is 0 Å². The Morgan fingerprint density at radius 2 is 1.48 bits per heavy atom. The normalized spacial score (nSPS) is 14.7. The summed E-state index contributed by atoms with van der Waals surface area (Å²) >= 11 is 5.87. The minimum Gasteiger partial charge on any atom is -0.368 e. The summed E-state index contributed by atoms with van der Waals surface area (Å²) < 4.78 is 40.2. The molecule has 1 fully saturated rings. The van der Waals surface area contributed by atoms with Gasteiger partial charge < -0.3 is 9.80 Å². The van der Waals surface area contributed by atoms with Gasteiger partial charge in [0.15, 0.2) is 9.84 Å². The van der Waals surface area contributed by atoms with Gasteiger partial charge in [0.05, 0.1) is 16.3 Å². The van der Waals surface area contributed by atoms with Crippen molar-refractivity contribution in [3.8, 4) is 0 Å². The highest BCUT2D eigenvalue weighted by molar-refractivity contribution is 7.90. The number of rotatable bonds is 5. The van der Waals surface area contributed by atoms with Gasteiger partial charge in [-0.25, -0.2) is 12.8 Å². The van der Waals surface area contributed by atoms with E-state index in [1.165, 1.54) is 6.07 Å². The summed E-state index contributed by atoms with van der Waals surface area (Å²) in [7, 11) is -3.45. The lowest BCUT2D eigenvalue weighted by atomic mass is 10.1. The maximum Gasteiger partial charge on any atom is 0.182 e. The first-order valence-electron chi connectivity index (χ1n) is 10.2. The average Bonchev–Trinajstić information content (AvgIpc) is 2.74. The average molecular weight is 459 g/mol. The molecule has 162 valence electrons. The number of piperazine rings is 1. The van der Waals surface area contributed by atoms with E-state index in [2.05, 4.69) is 4.90 Å². The fraction of sp³-hybridized carbons (Fsp3) is 0.250. The van der Waals surface area contributed by atoms with Crippen molar-refractivity contribution in [2.24, 2.45) is 0 Å². The van der Waals surface area contributed by atoms with Crippen LogP contribution in [-0.2, 0) is 15.6 Å². The molecule has 4 rings (SSSR count). The van der Waals surface area contributed by atoms with Crippen LogP contribution in [0.1, 0.15) is 11.1 Å². The first kappa shape index (κ1) is 21.7. The van der Waals surface area contributed by atoms with Gasteiger partial charge in [0.1, 0.15) is 5.82 Å². The topological polar surface area (TPSA) is 40.6 Å². The lowest BCUT2D eigenvalue weighted by Crippen LogP contribution is -2.47. The zero-order chi connectivity index (χ0) is 22.0. The fourth-order valence-corrected chi connectivity index (χ4v) is 5.43. The standard InChI is InChI=1S/C24H24ClFN2O2S/c1-18-6-9-21(10-7-18)31(29,30)17-19-4-2-3-5-23(19)27-12-14-28(15-13-27)24-11-8-20(25)16-22(24)26/h2-11,16H,12-15,17H2,1H3. The first-order chi connectivity index (χ1) is 14.8. The highest BCUT2D eigenvalue weighted by Gasteiger charge is 2.23. The molecular formula is C24H24ClFN2O2S. The summed E-state index contributed by atoms with van der Waals surface area (Å²) in [6.45, 7) is 4.55. The van der Waals surface area contributed by atoms with Crippen molar-refractivity contribution in [2.45, 2.75) is 17.6 Å². The molecule has 0 bridgehead atoms. The van der Waals surface area contributed by atoms with Crippen molar-refractivity contribution < 1.29 is 12.8 Å². The molecule has 0 saturated carbocycles. The van der Waals surface area contributed by atoms with Crippen molar-refractivity contribution >= 4 is 32.8 Å². The number of aryl methyl sites for hydroxylation is 1. The summed E-state index contributed by atoms with van der Waals surface area (Å²) in [6, 6.07) is 19.3. The maximum absolute atomic E-state index is 14.3. The van der Waals surface area contributed by atoms with Gasteiger partial charge in [-0.3, -0.25) is 0 Å². The monoisotopic (exact) mass is 458 g/mol. The number of halogens is 2. The van der Waals surface area contributed by atoms with Crippen LogP contribution >= 0.6 is 11.6 Å². The van der Waals surface area contributed by atoms with Crippen LogP contribution in [0.15, 0.2) is 71.6 Å². The molecule has 0 aromatic heterocycles. The molecule has 4 nitrogen and oxygen atoms in total. The van der Waals surface area contributed by atoms with E-state index < -0.39 is 9.84 Å². The third-order valence-corrected chi connectivity index (χ3v) is 7.50. The van der Waals surface area contributed by atoms with E-state index >= 15 is 0 Å². The molecule has 1 saturated heterocycles. The number of benzene rings is 3. The summed E-state index contributed by atoms with van der Waals surface area (Å²) in [5, 5.41) is 0.378. The van der Waals surface area contributed by atoms with Crippen LogP contribution < -0.4 is 9.80 Å². The minimum atomic E-state index is -3.45. The van der Waals surface area contributed by atoms with Gasteiger partial charge in [-0.15, -0.1) is 0 Å². The Balaban J connectivity index is 1.51. The molecule has 3 aromatic carbocycles. The Morgan fingerprint density at radius 3 is 2.13 bits per heavy atom. The molecule has 0 amide bonds. The minimum absolute atomic E-state index is 0.0573. The largest absolute Gasteiger partial charge is 0.368 e. The number of anilines is 2. The van der Waals surface area contributed by atoms with E-state index in [0.717, 1.165) is 16.8 Å². The molecule has 1 heterocycles. The lowest BCUT2D eigenvalue weighted by Gasteiger charge is -2.38. The van der Waals surface area contributed by atoms with E-state index in [1.807, 2.05) is 48.2 Å². The molecule has 3 aromatic rings. The van der Waals surface area contributed by atoms with Crippen molar-refractivity contribution in [2.75, 3.05) is 36.0 Å². The van der Waals surface area contributed by atoms with Gasteiger partial charge >= 0.3 is 0 Å². The van der Waals surface area contributed by atoms with Crippen molar-refractivity contribution in [1.29, 1.82) is 0 Å².